The van der Waals surface area contributed by atoms with E-state index in [0.717, 1.165) is 50.8 Å². The highest BCUT2D eigenvalue weighted by molar-refractivity contribution is 5.39. The van der Waals surface area contributed by atoms with Crippen LogP contribution in [-0.4, -0.2) is 50.5 Å². The van der Waals surface area contributed by atoms with E-state index in [9.17, 15) is 0 Å². The van der Waals surface area contributed by atoms with Crippen LogP contribution >= 0.6 is 0 Å². The zero-order chi connectivity index (χ0) is 14.2. The van der Waals surface area contributed by atoms with Crippen molar-refractivity contribution in [3.05, 3.63) is 24.3 Å². The van der Waals surface area contributed by atoms with Gasteiger partial charge in [0.1, 0.15) is 6.61 Å². The summed E-state index contributed by atoms with van der Waals surface area (Å²) in [6.45, 7) is 9.45. The maximum atomic E-state index is 5.88. The first-order chi connectivity index (χ1) is 9.79. The summed E-state index contributed by atoms with van der Waals surface area (Å²) in [7, 11) is 0. The van der Waals surface area contributed by atoms with Gasteiger partial charge in [0.15, 0.2) is 11.5 Å². The van der Waals surface area contributed by atoms with Gasteiger partial charge in [0.2, 0.25) is 0 Å². The molecule has 0 N–H and O–H groups in total. The third-order valence-corrected chi connectivity index (χ3v) is 3.52. The molecule has 0 bridgehead atoms. The monoisotopic (exact) mass is 279 g/mol. The van der Waals surface area contributed by atoms with Crippen LogP contribution in [0.4, 0.5) is 0 Å². The van der Waals surface area contributed by atoms with Gasteiger partial charge in [-0.1, -0.05) is 19.1 Å². The van der Waals surface area contributed by atoms with Gasteiger partial charge >= 0.3 is 0 Å². The first-order valence-electron chi connectivity index (χ1n) is 7.48. The highest BCUT2D eigenvalue weighted by Crippen LogP contribution is 2.27. The number of nitrogens with zero attached hydrogens (tertiary/aromatic N) is 1. The Bertz CT molecular complexity index is 391. The summed E-state index contributed by atoms with van der Waals surface area (Å²) in [6.07, 6.45) is 1.20. The SMILES string of the molecule is CC[C@H](C)Oc1ccccc1OCCN1CCOCC1. The average molecular weight is 279 g/mol. The zero-order valence-corrected chi connectivity index (χ0v) is 12.5. The van der Waals surface area contributed by atoms with Crippen molar-refractivity contribution in [3.8, 4) is 11.5 Å². The maximum absolute atomic E-state index is 5.88. The van der Waals surface area contributed by atoms with Crippen LogP contribution in [0.3, 0.4) is 0 Å². The summed E-state index contributed by atoms with van der Waals surface area (Å²) in [5.74, 6) is 1.67. The van der Waals surface area contributed by atoms with Crippen molar-refractivity contribution in [2.45, 2.75) is 26.4 Å². The van der Waals surface area contributed by atoms with Crippen molar-refractivity contribution in [1.29, 1.82) is 0 Å². The number of hydrogen-bond donors (Lipinski definition) is 0. The number of ether oxygens (including phenoxy) is 3. The van der Waals surface area contributed by atoms with Crippen molar-refractivity contribution in [2.24, 2.45) is 0 Å². The first kappa shape index (κ1) is 15.1. The molecule has 2 rings (SSSR count). The molecule has 1 fully saturated rings. The maximum Gasteiger partial charge on any atom is 0.161 e. The fourth-order valence-corrected chi connectivity index (χ4v) is 2.08. The Morgan fingerprint density at radius 2 is 1.90 bits per heavy atom. The largest absolute Gasteiger partial charge is 0.488 e. The summed E-state index contributed by atoms with van der Waals surface area (Å²) in [6, 6.07) is 7.90. The van der Waals surface area contributed by atoms with Crippen LogP contribution < -0.4 is 9.47 Å². The lowest BCUT2D eigenvalue weighted by Crippen LogP contribution is -2.38. The van der Waals surface area contributed by atoms with E-state index in [2.05, 4.69) is 18.7 Å². The minimum atomic E-state index is 0.207. The highest BCUT2D eigenvalue weighted by Gasteiger charge is 2.11. The van der Waals surface area contributed by atoms with Crippen LogP contribution in [0.5, 0.6) is 11.5 Å². The molecule has 112 valence electrons. The molecule has 1 aromatic carbocycles. The number of para-hydroxylation sites is 2. The van der Waals surface area contributed by atoms with Crippen LogP contribution in [0.2, 0.25) is 0 Å². The summed E-state index contributed by atoms with van der Waals surface area (Å²) in [4.78, 5) is 2.36. The molecule has 1 aromatic rings. The molecule has 0 radical (unpaired) electrons. The molecule has 0 spiro atoms. The molecule has 1 atom stereocenters. The van der Waals surface area contributed by atoms with Crippen molar-refractivity contribution in [1.82, 2.24) is 4.90 Å². The zero-order valence-electron chi connectivity index (χ0n) is 12.5. The van der Waals surface area contributed by atoms with Gasteiger partial charge in [-0.2, -0.15) is 0 Å². The smallest absolute Gasteiger partial charge is 0.161 e. The molecule has 1 aliphatic heterocycles. The van der Waals surface area contributed by atoms with Crippen LogP contribution in [-0.2, 0) is 4.74 Å². The van der Waals surface area contributed by atoms with E-state index in [1.807, 2.05) is 24.3 Å². The fraction of sp³-hybridized carbons (Fsp3) is 0.625. The van der Waals surface area contributed by atoms with E-state index >= 15 is 0 Å². The number of rotatable bonds is 7. The molecule has 0 saturated carbocycles. The van der Waals surface area contributed by atoms with Gasteiger partial charge in [-0.15, -0.1) is 0 Å². The molecule has 20 heavy (non-hydrogen) atoms. The molecular weight excluding hydrogens is 254 g/mol. The first-order valence-corrected chi connectivity index (χ1v) is 7.48. The topological polar surface area (TPSA) is 30.9 Å². The Balaban J connectivity index is 1.82. The summed E-state index contributed by atoms with van der Waals surface area (Å²) in [5, 5.41) is 0. The Morgan fingerprint density at radius 1 is 1.20 bits per heavy atom. The lowest BCUT2D eigenvalue weighted by atomic mass is 10.3. The van der Waals surface area contributed by atoms with Crippen LogP contribution in [0.1, 0.15) is 20.3 Å². The average Bonchev–Trinajstić information content (AvgIpc) is 2.50. The van der Waals surface area contributed by atoms with Gasteiger partial charge in [-0.05, 0) is 25.5 Å². The van der Waals surface area contributed by atoms with Crippen molar-refractivity contribution in [3.63, 3.8) is 0 Å². The Kier molecular flexibility index (Phi) is 6.15. The molecule has 4 heteroatoms. The molecule has 1 heterocycles. The van der Waals surface area contributed by atoms with E-state index in [1.54, 1.807) is 0 Å². The second-order valence-electron chi connectivity index (χ2n) is 5.09. The molecule has 0 aromatic heterocycles. The minimum Gasteiger partial charge on any atom is -0.488 e. The Hall–Kier alpha value is -1.26. The predicted molar refractivity (Wildman–Crippen MR) is 79.6 cm³/mol. The Labute approximate surface area is 121 Å². The Morgan fingerprint density at radius 3 is 2.60 bits per heavy atom. The van der Waals surface area contributed by atoms with Gasteiger partial charge in [0.25, 0.3) is 0 Å². The lowest BCUT2D eigenvalue weighted by molar-refractivity contribution is 0.0320. The molecular formula is C16H25NO3. The van der Waals surface area contributed by atoms with Gasteiger partial charge in [0, 0.05) is 19.6 Å². The lowest BCUT2D eigenvalue weighted by Gasteiger charge is -2.26. The summed E-state index contributed by atoms with van der Waals surface area (Å²) >= 11 is 0. The van der Waals surface area contributed by atoms with Gasteiger partial charge in [0.05, 0.1) is 19.3 Å². The van der Waals surface area contributed by atoms with Gasteiger partial charge < -0.3 is 14.2 Å². The minimum absolute atomic E-state index is 0.207. The molecule has 1 aliphatic rings. The summed E-state index contributed by atoms with van der Waals surface area (Å²) in [5.41, 5.74) is 0. The van der Waals surface area contributed by atoms with E-state index in [0.29, 0.717) is 6.61 Å². The molecule has 4 nitrogen and oxygen atoms in total. The molecule has 0 amide bonds. The number of hydrogen-bond acceptors (Lipinski definition) is 4. The van der Waals surface area contributed by atoms with E-state index in [4.69, 9.17) is 14.2 Å². The quantitative estimate of drug-likeness (QED) is 0.767. The van der Waals surface area contributed by atoms with Crippen LogP contribution in [0, 0.1) is 0 Å². The number of benzene rings is 1. The standard InChI is InChI=1S/C16H25NO3/c1-3-14(2)20-16-7-5-4-6-15(16)19-13-10-17-8-11-18-12-9-17/h4-7,14H,3,8-13H2,1-2H3/t14-/m0/s1. The summed E-state index contributed by atoms with van der Waals surface area (Å²) < 4.78 is 17.1. The van der Waals surface area contributed by atoms with E-state index in [1.165, 1.54) is 0 Å². The van der Waals surface area contributed by atoms with Crippen molar-refractivity contribution in [2.75, 3.05) is 39.5 Å². The van der Waals surface area contributed by atoms with Crippen LogP contribution in [0.25, 0.3) is 0 Å². The fourth-order valence-electron chi connectivity index (χ4n) is 2.08. The molecule has 0 aliphatic carbocycles. The third-order valence-electron chi connectivity index (χ3n) is 3.52. The normalized spacial score (nSPS) is 17.7. The van der Waals surface area contributed by atoms with E-state index < -0.39 is 0 Å². The molecule has 0 unspecified atom stereocenters. The van der Waals surface area contributed by atoms with E-state index in [-0.39, 0.29) is 6.10 Å². The second-order valence-corrected chi connectivity index (χ2v) is 5.09. The van der Waals surface area contributed by atoms with Crippen LogP contribution in [0.15, 0.2) is 24.3 Å². The third kappa shape index (κ3) is 4.69. The van der Waals surface area contributed by atoms with Gasteiger partial charge in [-0.3, -0.25) is 4.90 Å². The van der Waals surface area contributed by atoms with Crippen molar-refractivity contribution < 1.29 is 14.2 Å². The molecule has 1 saturated heterocycles. The predicted octanol–water partition coefficient (Wildman–Crippen LogP) is 2.57. The van der Waals surface area contributed by atoms with Crippen molar-refractivity contribution >= 4 is 0 Å². The van der Waals surface area contributed by atoms with Gasteiger partial charge in [-0.25, -0.2) is 0 Å². The number of morpholine rings is 1. The second kappa shape index (κ2) is 8.12. The highest BCUT2D eigenvalue weighted by atomic mass is 16.5.